The van der Waals surface area contributed by atoms with E-state index in [1.54, 1.807) is 18.7 Å². The molecule has 2 aromatic heterocycles. The normalized spacial score (nSPS) is 10.2. The molecule has 0 spiro atoms. The fourth-order valence-electron chi connectivity index (χ4n) is 1.67. The highest BCUT2D eigenvalue weighted by Crippen LogP contribution is 2.18. The molecule has 2 rings (SSSR count). The smallest absolute Gasteiger partial charge is 0.151 e. The highest BCUT2D eigenvalue weighted by molar-refractivity contribution is 5.75. The second kappa shape index (κ2) is 5.30. The summed E-state index contributed by atoms with van der Waals surface area (Å²) in [6, 6.07) is 3.76. The number of furan rings is 1. The molecule has 0 aliphatic rings. The molecule has 88 valence electrons. The first-order chi connectivity index (χ1) is 8.33. The fraction of sp³-hybridized carbons (Fsp3) is 0.231. The van der Waals surface area contributed by atoms with Crippen LogP contribution in [0, 0.1) is 0 Å². The Hall–Kier alpha value is -2.10. The lowest BCUT2D eigenvalue weighted by Crippen LogP contribution is -2.04. The summed E-state index contributed by atoms with van der Waals surface area (Å²) in [5.41, 5.74) is 2.65. The van der Waals surface area contributed by atoms with Gasteiger partial charge in [-0.05, 0) is 30.2 Å². The topological polar surface area (TPSA) is 55.1 Å². The van der Waals surface area contributed by atoms with E-state index in [2.05, 4.69) is 10.3 Å². The largest absolute Gasteiger partial charge is 0.472 e. The highest BCUT2D eigenvalue weighted by Gasteiger charge is 2.06. The maximum atomic E-state index is 10.8. The number of nitrogens with zero attached hydrogens (tertiary/aromatic N) is 1. The lowest BCUT2D eigenvalue weighted by Gasteiger charge is -2.09. The molecule has 0 bridgehead atoms. The second-order valence-electron chi connectivity index (χ2n) is 3.73. The Labute approximate surface area is 99.7 Å². The van der Waals surface area contributed by atoms with Crippen molar-refractivity contribution in [2.75, 3.05) is 11.9 Å². The quantitative estimate of drug-likeness (QED) is 0.802. The monoisotopic (exact) mass is 230 g/mol. The summed E-state index contributed by atoms with van der Waals surface area (Å²) in [5, 5.41) is 3.18. The molecule has 1 N–H and O–H groups in total. The van der Waals surface area contributed by atoms with Gasteiger partial charge in [0.1, 0.15) is 5.82 Å². The molecule has 0 aliphatic heterocycles. The third-order valence-corrected chi connectivity index (χ3v) is 2.44. The van der Waals surface area contributed by atoms with Crippen molar-refractivity contribution >= 4 is 12.1 Å². The van der Waals surface area contributed by atoms with Crippen LogP contribution in [0.25, 0.3) is 0 Å². The van der Waals surface area contributed by atoms with Crippen molar-refractivity contribution in [3.63, 3.8) is 0 Å². The van der Waals surface area contributed by atoms with Crippen LogP contribution >= 0.6 is 0 Å². The molecule has 0 aromatic carbocycles. The molecule has 0 amide bonds. The number of carbonyl (C=O) groups excluding carboxylic acids is 1. The summed E-state index contributed by atoms with van der Waals surface area (Å²) in [4.78, 5) is 15.0. The van der Waals surface area contributed by atoms with E-state index in [-0.39, 0.29) is 0 Å². The number of carbonyl (C=O) groups is 1. The molecule has 4 heteroatoms. The van der Waals surface area contributed by atoms with Crippen LogP contribution in [0.3, 0.4) is 0 Å². The maximum Gasteiger partial charge on any atom is 0.151 e. The van der Waals surface area contributed by atoms with Gasteiger partial charge in [-0.1, -0.05) is 0 Å². The summed E-state index contributed by atoms with van der Waals surface area (Å²) in [7, 11) is 0. The number of aldehydes is 1. The SMILES string of the molecule is CCNc1ncc(C=O)cc1Cc1ccoc1. The van der Waals surface area contributed by atoms with Gasteiger partial charge in [0.05, 0.1) is 12.5 Å². The third kappa shape index (κ3) is 2.72. The zero-order valence-corrected chi connectivity index (χ0v) is 9.64. The Morgan fingerprint density at radius 1 is 1.53 bits per heavy atom. The van der Waals surface area contributed by atoms with Gasteiger partial charge in [-0.25, -0.2) is 4.98 Å². The average molecular weight is 230 g/mol. The van der Waals surface area contributed by atoms with Gasteiger partial charge in [0.2, 0.25) is 0 Å². The van der Waals surface area contributed by atoms with Crippen molar-refractivity contribution in [1.82, 2.24) is 4.98 Å². The first-order valence-electron chi connectivity index (χ1n) is 5.52. The Morgan fingerprint density at radius 3 is 3.06 bits per heavy atom. The van der Waals surface area contributed by atoms with E-state index in [9.17, 15) is 4.79 Å². The van der Waals surface area contributed by atoms with Gasteiger partial charge < -0.3 is 9.73 Å². The summed E-state index contributed by atoms with van der Waals surface area (Å²) < 4.78 is 5.03. The number of hydrogen-bond acceptors (Lipinski definition) is 4. The predicted molar refractivity (Wildman–Crippen MR) is 65.3 cm³/mol. The lowest BCUT2D eigenvalue weighted by atomic mass is 10.1. The summed E-state index contributed by atoms with van der Waals surface area (Å²) in [6.07, 6.45) is 6.42. The van der Waals surface area contributed by atoms with Crippen LogP contribution in [0.15, 0.2) is 35.3 Å². The van der Waals surface area contributed by atoms with E-state index in [0.29, 0.717) is 12.0 Å². The minimum atomic E-state index is 0.588. The van der Waals surface area contributed by atoms with Gasteiger partial charge >= 0.3 is 0 Å². The number of hydrogen-bond donors (Lipinski definition) is 1. The zero-order valence-electron chi connectivity index (χ0n) is 9.64. The molecule has 0 aliphatic carbocycles. The van der Waals surface area contributed by atoms with Crippen molar-refractivity contribution in [1.29, 1.82) is 0 Å². The Kier molecular flexibility index (Phi) is 3.55. The van der Waals surface area contributed by atoms with Crippen molar-refractivity contribution in [3.8, 4) is 0 Å². The number of nitrogens with one attached hydrogen (secondary N) is 1. The molecule has 2 aromatic rings. The third-order valence-electron chi connectivity index (χ3n) is 2.44. The van der Waals surface area contributed by atoms with Crippen LogP contribution in [0.1, 0.15) is 28.4 Å². The van der Waals surface area contributed by atoms with Gasteiger partial charge in [-0.3, -0.25) is 4.79 Å². The molecular formula is C13H14N2O2. The molecule has 0 radical (unpaired) electrons. The number of aromatic nitrogens is 1. The fourth-order valence-corrected chi connectivity index (χ4v) is 1.67. The lowest BCUT2D eigenvalue weighted by molar-refractivity contribution is 0.112. The predicted octanol–water partition coefficient (Wildman–Crippen LogP) is 2.51. The number of rotatable bonds is 5. The molecule has 17 heavy (non-hydrogen) atoms. The zero-order chi connectivity index (χ0) is 12.1. The summed E-state index contributed by atoms with van der Waals surface area (Å²) in [5.74, 6) is 0.819. The van der Waals surface area contributed by atoms with E-state index in [1.807, 2.05) is 19.1 Å². The molecule has 0 fully saturated rings. The molecule has 4 nitrogen and oxygen atoms in total. The standard InChI is InChI=1S/C13H14N2O2/c1-2-14-13-12(5-10-3-4-17-9-10)6-11(8-16)7-15-13/h3-4,6-9H,2,5H2,1H3,(H,14,15). The van der Waals surface area contributed by atoms with Crippen LogP contribution in [-0.4, -0.2) is 17.8 Å². The minimum Gasteiger partial charge on any atom is -0.472 e. The summed E-state index contributed by atoms with van der Waals surface area (Å²) >= 11 is 0. The van der Waals surface area contributed by atoms with E-state index >= 15 is 0 Å². The van der Waals surface area contributed by atoms with E-state index in [1.165, 1.54) is 0 Å². The molecular weight excluding hydrogens is 216 g/mol. The number of pyridine rings is 1. The van der Waals surface area contributed by atoms with Crippen molar-refractivity contribution in [3.05, 3.63) is 47.5 Å². The van der Waals surface area contributed by atoms with Gasteiger partial charge in [0, 0.05) is 24.7 Å². The molecule has 0 unspecified atom stereocenters. The van der Waals surface area contributed by atoms with Crippen LogP contribution in [-0.2, 0) is 6.42 Å². The number of anilines is 1. The first-order valence-corrected chi connectivity index (χ1v) is 5.52. The molecule has 0 saturated heterocycles. The van der Waals surface area contributed by atoms with Gasteiger partial charge in [0.15, 0.2) is 6.29 Å². The van der Waals surface area contributed by atoms with Crippen LogP contribution in [0.2, 0.25) is 0 Å². The average Bonchev–Trinajstić information content (AvgIpc) is 2.84. The second-order valence-corrected chi connectivity index (χ2v) is 3.73. The summed E-state index contributed by atoms with van der Waals surface area (Å²) in [6.45, 7) is 2.81. The Balaban J connectivity index is 2.30. The van der Waals surface area contributed by atoms with E-state index < -0.39 is 0 Å². The molecule has 0 saturated carbocycles. The highest BCUT2D eigenvalue weighted by atomic mass is 16.3. The van der Waals surface area contributed by atoms with E-state index in [0.717, 1.165) is 29.8 Å². The minimum absolute atomic E-state index is 0.588. The van der Waals surface area contributed by atoms with Gasteiger partial charge in [-0.15, -0.1) is 0 Å². The van der Waals surface area contributed by atoms with Crippen LogP contribution in [0.4, 0.5) is 5.82 Å². The molecule has 2 heterocycles. The van der Waals surface area contributed by atoms with Gasteiger partial charge in [-0.2, -0.15) is 0 Å². The van der Waals surface area contributed by atoms with Gasteiger partial charge in [0.25, 0.3) is 0 Å². The van der Waals surface area contributed by atoms with Crippen LogP contribution < -0.4 is 5.32 Å². The maximum absolute atomic E-state index is 10.8. The van der Waals surface area contributed by atoms with Crippen molar-refractivity contribution in [2.45, 2.75) is 13.3 Å². The van der Waals surface area contributed by atoms with Crippen LogP contribution in [0.5, 0.6) is 0 Å². The Morgan fingerprint density at radius 2 is 2.41 bits per heavy atom. The molecule has 0 atom stereocenters. The Bertz CT molecular complexity index is 492. The van der Waals surface area contributed by atoms with E-state index in [4.69, 9.17) is 4.42 Å². The first kappa shape index (κ1) is 11.4. The van der Waals surface area contributed by atoms with Crippen molar-refractivity contribution < 1.29 is 9.21 Å². The van der Waals surface area contributed by atoms with Crippen molar-refractivity contribution in [2.24, 2.45) is 0 Å².